The van der Waals surface area contributed by atoms with Crippen LogP contribution in [0, 0.1) is 0 Å². The molecule has 0 radical (unpaired) electrons. The molecule has 0 aliphatic rings. The number of rotatable bonds is 5. The smallest absolute Gasteiger partial charge is 0.0340 e. The van der Waals surface area contributed by atoms with Crippen LogP contribution in [0.25, 0.3) is 11.1 Å². The number of nitrogens with one attached hydrogen (secondary N) is 1. The van der Waals surface area contributed by atoms with Crippen molar-refractivity contribution in [3.63, 3.8) is 0 Å². The molecule has 2 aromatic carbocycles. The largest absolute Gasteiger partial charge is 0.385 e. The Bertz CT molecular complexity index is 661. The topological polar surface area (TPSA) is 24.9 Å². The second kappa shape index (κ2) is 6.71. The third-order valence-corrected chi connectivity index (χ3v) is 3.48. The molecule has 3 aromatic rings. The molecule has 3 rings (SSSR count). The van der Waals surface area contributed by atoms with E-state index in [1.807, 2.05) is 18.5 Å². The van der Waals surface area contributed by atoms with Crippen LogP contribution in [0.4, 0.5) is 5.69 Å². The number of anilines is 1. The lowest BCUT2D eigenvalue weighted by Gasteiger charge is -2.08. The Kier molecular flexibility index (Phi) is 4.27. The predicted molar refractivity (Wildman–Crippen MR) is 88.3 cm³/mol. The summed E-state index contributed by atoms with van der Waals surface area (Å²) in [4.78, 5) is 4.03. The second-order valence-electron chi connectivity index (χ2n) is 4.98. The summed E-state index contributed by atoms with van der Waals surface area (Å²) in [5.41, 5.74) is 4.96. The van der Waals surface area contributed by atoms with Crippen molar-refractivity contribution in [3.05, 3.63) is 84.7 Å². The van der Waals surface area contributed by atoms with Crippen LogP contribution in [0.5, 0.6) is 0 Å². The highest BCUT2D eigenvalue weighted by atomic mass is 14.9. The van der Waals surface area contributed by atoms with Gasteiger partial charge in [0.2, 0.25) is 0 Å². The fourth-order valence-electron chi connectivity index (χ4n) is 2.31. The molecule has 2 heteroatoms. The molecule has 0 bridgehead atoms. The van der Waals surface area contributed by atoms with Crippen molar-refractivity contribution in [2.75, 3.05) is 11.9 Å². The van der Waals surface area contributed by atoms with Gasteiger partial charge in [-0.1, -0.05) is 42.5 Å². The molecule has 0 fully saturated rings. The second-order valence-corrected chi connectivity index (χ2v) is 4.98. The van der Waals surface area contributed by atoms with Crippen LogP contribution >= 0.6 is 0 Å². The standard InChI is InChI=1S/C19H18N2/c1-2-4-17(5-3-1)18-6-8-19(9-7-18)21-15-12-16-10-13-20-14-11-16/h1-11,13-14,21H,12,15H2. The van der Waals surface area contributed by atoms with E-state index in [4.69, 9.17) is 0 Å². The first-order valence-electron chi connectivity index (χ1n) is 7.20. The fourth-order valence-corrected chi connectivity index (χ4v) is 2.31. The quantitative estimate of drug-likeness (QED) is 0.745. The van der Waals surface area contributed by atoms with Gasteiger partial charge < -0.3 is 5.32 Å². The van der Waals surface area contributed by atoms with Crippen LogP contribution in [0.2, 0.25) is 0 Å². The summed E-state index contributed by atoms with van der Waals surface area (Å²) < 4.78 is 0. The third kappa shape index (κ3) is 3.69. The van der Waals surface area contributed by atoms with E-state index in [-0.39, 0.29) is 0 Å². The average molecular weight is 274 g/mol. The summed E-state index contributed by atoms with van der Waals surface area (Å²) >= 11 is 0. The predicted octanol–water partition coefficient (Wildman–Crippen LogP) is 4.40. The Balaban J connectivity index is 1.58. The van der Waals surface area contributed by atoms with Gasteiger partial charge in [0.15, 0.2) is 0 Å². The monoisotopic (exact) mass is 274 g/mol. The van der Waals surface area contributed by atoms with Crippen molar-refractivity contribution in [1.29, 1.82) is 0 Å². The van der Waals surface area contributed by atoms with E-state index in [2.05, 4.69) is 71.0 Å². The number of pyridine rings is 1. The first-order chi connectivity index (χ1) is 10.4. The Morgan fingerprint density at radius 3 is 2.10 bits per heavy atom. The fraction of sp³-hybridized carbons (Fsp3) is 0.105. The molecule has 2 nitrogen and oxygen atoms in total. The molecule has 0 spiro atoms. The van der Waals surface area contributed by atoms with Crippen LogP contribution in [0.1, 0.15) is 5.56 Å². The van der Waals surface area contributed by atoms with E-state index in [1.165, 1.54) is 16.7 Å². The van der Waals surface area contributed by atoms with Crippen LogP contribution in [-0.4, -0.2) is 11.5 Å². The molecule has 0 saturated heterocycles. The van der Waals surface area contributed by atoms with E-state index in [1.54, 1.807) is 0 Å². The molecule has 1 aromatic heterocycles. The number of benzene rings is 2. The van der Waals surface area contributed by atoms with Crippen molar-refractivity contribution >= 4 is 5.69 Å². The minimum atomic E-state index is 0.925. The van der Waals surface area contributed by atoms with E-state index in [0.29, 0.717) is 0 Å². The summed E-state index contributed by atoms with van der Waals surface area (Å²) in [6.45, 7) is 0.925. The number of hydrogen-bond acceptors (Lipinski definition) is 2. The normalized spacial score (nSPS) is 10.3. The van der Waals surface area contributed by atoms with Crippen LogP contribution in [-0.2, 0) is 6.42 Å². The number of aromatic nitrogens is 1. The molecule has 1 N–H and O–H groups in total. The zero-order chi connectivity index (χ0) is 14.3. The zero-order valence-electron chi connectivity index (χ0n) is 11.9. The van der Waals surface area contributed by atoms with Crippen molar-refractivity contribution < 1.29 is 0 Å². The molecular formula is C19H18N2. The summed E-state index contributed by atoms with van der Waals surface area (Å²) in [5.74, 6) is 0. The van der Waals surface area contributed by atoms with Crippen molar-refractivity contribution in [1.82, 2.24) is 4.98 Å². The lowest BCUT2D eigenvalue weighted by Crippen LogP contribution is -2.04. The van der Waals surface area contributed by atoms with Gasteiger partial charge in [0.25, 0.3) is 0 Å². The maximum Gasteiger partial charge on any atom is 0.0340 e. The highest BCUT2D eigenvalue weighted by Crippen LogP contribution is 2.20. The molecule has 0 aliphatic heterocycles. The summed E-state index contributed by atoms with van der Waals surface area (Å²) in [6.07, 6.45) is 4.68. The molecule has 0 amide bonds. The van der Waals surface area contributed by atoms with Gasteiger partial charge in [-0.3, -0.25) is 4.98 Å². The Morgan fingerprint density at radius 1 is 0.714 bits per heavy atom. The SMILES string of the molecule is c1ccc(-c2ccc(NCCc3ccncc3)cc2)cc1. The molecule has 0 unspecified atom stereocenters. The lowest BCUT2D eigenvalue weighted by molar-refractivity contribution is 1.01. The van der Waals surface area contributed by atoms with Gasteiger partial charge in [-0.05, 0) is 47.4 Å². The molecule has 1 heterocycles. The molecule has 0 saturated carbocycles. The summed E-state index contributed by atoms with van der Waals surface area (Å²) in [7, 11) is 0. The van der Waals surface area contributed by atoms with Gasteiger partial charge in [0, 0.05) is 24.6 Å². The summed E-state index contributed by atoms with van der Waals surface area (Å²) in [5, 5.41) is 3.45. The maximum atomic E-state index is 4.03. The van der Waals surface area contributed by atoms with Crippen molar-refractivity contribution in [3.8, 4) is 11.1 Å². The van der Waals surface area contributed by atoms with Gasteiger partial charge in [0.05, 0.1) is 0 Å². The van der Waals surface area contributed by atoms with Gasteiger partial charge in [0.1, 0.15) is 0 Å². The van der Waals surface area contributed by atoms with Crippen molar-refractivity contribution in [2.24, 2.45) is 0 Å². The molecular weight excluding hydrogens is 256 g/mol. The molecule has 104 valence electrons. The first-order valence-corrected chi connectivity index (χ1v) is 7.20. The third-order valence-electron chi connectivity index (χ3n) is 3.48. The molecule has 0 aliphatic carbocycles. The highest BCUT2D eigenvalue weighted by Gasteiger charge is 1.97. The average Bonchev–Trinajstić information content (AvgIpc) is 2.57. The van der Waals surface area contributed by atoms with Gasteiger partial charge in [-0.15, -0.1) is 0 Å². The minimum absolute atomic E-state index is 0.925. The van der Waals surface area contributed by atoms with E-state index in [0.717, 1.165) is 18.7 Å². The highest BCUT2D eigenvalue weighted by molar-refractivity contribution is 5.65. The summed E-state index contributed by atoms with van der Waals surface area (Å²) in [6, 6.07) is 23.1. The lowest BCUT2D eigenvalue weighted by atomic mass is 10.1. The molecule has 21 heavy (non-hydrogen) atoms. The number of hydrogen-bond donors (Lipinski definition) is 1. The van der Waals surface area contributed by atoms with Crippen LogP contribution in [0.3, 0.4) is 0 Å². The Labute approximate surface area is 125 Å². The van der Waals surface area contributed by atoms with E-state index in [9.17, 15) is 0 Å². The van der Waals surface area contributed by atoms with E-state index < -0.39 is 0 Å². The van der Waals surface area contributed by atoms with Crippen molar-refractivity contribution in [2.45, 2.75) is 6.42 Å². The molecule has 0 atom stereocenters. The van der Waals surface area contributed by atoms with E-state index >= 15 is 0 Å². The first kappa shape index (κ1) is 13.4. The Morgan fingerprint density at radius 2 is 1.38 bits per heavy atom. The zero-order valence-corrected chi connectivity index (χ0v) is 11.9. The van der Waals surface area contributed by atoms with Gasteiger partial charge in [-0.25, -0.2) is 0 Å². The maximum absolute atomic E-state index is 4.03. The number of nitrogens with zero attached hydrogens (tertiary/aromatic N) is 1. The van der Waals surface area contributed by atoms with Crippen LogP contribution in [0.15, 0.2) is 79.1 Å². The van der Waals surface area contributed by atoms with Gasteiger partial charge in [-0.2, -0.15) is 0 Å². The van der Waals surface area contributed by atoms with Crippen LogP contribution < -0.4 is 5.32 Å². The Hall–Kier alpha value is -2.61. The van der Waals surface area contributed by atoms with Gasteiger partial charge >= 0.3 is 0 Å². The minimum Gasteiger partial charge on any atom is -0.385 e.